The molecule has 0 amide bonds. The Labute approximate surface area is 155 Å². The van der Waals surface area contributed by atoms with E-state index in [1.165, 1.54) is 6.07 Å². The lowest BCUT2D eigenvalue weighted by Gasteiger charge is -2.42. The lowest BCUT2D eigenvalue weighted by Crippen LogP contribution is -2.50. The Morgan fingerprint density at radius 3 is 2.48 bits per heavy atom. The van der Waals surface area contributed by atoms with Crippen LogP contribution in [0.15, 0.2) is 29.2 Å². The van der Waals surface area contributed by atoms with E-state index >= 15 is 0 Å². The normalized spacial score (nSPS) is 34.0. The van der Waals surface area contributed by atoms with Crippen LogP contribution in [0.5, 0.6) is 0 Å². The lowest BCUT2D eigenvalue weighted by atomic mass is 9.60. The fourth-order valence-corrected chi connectivity index (χ4v) is 5.10. The summed E-state index contributed by atoms with van der Waals surface area (Å²) in [6.07, 6.45) is -0.401. The third kappa shape index (κ3) is 3.14. The molecule has 1 aliphatic carbocycles. The van der Waals surface area contributed by atoms with Crippen LogP contribution in [0.1, 0.15) is 31.4 Å². The van der Waals surface area contributed by atoms with Crippen molar-refractivity contribution in [1.29, 1.82) is 0 Å². The fraction of sp³-hybridized carbons (Fsp3) is 0.533. The van der Waals surface area contributed by atoms with Crippen LogP contribution < -0.4 is 0 Å². The number of ether oxygens (including phenoxy) is 2. The van der Waals surface area contributed by atoms with E-state index in [-0.39, 0.29) is 12.2 Å². The molecule has 1 atom stereocenters. The van der Waals surface area contributed by atoms with Gasteiger partial charge in [0.2, 0.25) is 0 Å². The van der Waals surface area contributed by atoms with E-state index in [9.17, 15) is 24.2 Å². The monoisotopic (exact) mass is 498 g/mol. The van der Waals surface area contributed by atoms with Crippen LogP contribution >= 0.6 is 32.8 Å². The van der Waals surface area contributed by atoms with Gasteiger partial charge in [-0.2, -0.15) is 0 Å². The molecule has 0 spiro atoms. The SMILES string of the molecule is CCOC(=O)C12CC(CI)(C1)OC2c1cccc(S(F)(F)(F)(F)F)c1. The molecule has 3 aliphatic rings. The Morgan fingerprint density at radius 2 is 1.96 bits per heavy atom. The highest BCUT2D eigenvalue weighted by molar-refractivity contribution is 14.1. The minimum atomic E-state index is -9.81. The second-order valence-corrected chi connectivity index (χ2v) is 9.76. The maximum atomic E-state index is 13.1. The van der Waals surface area contributed by atoms with Gasteiger partial charge in [-0.15, -0.1) is 0 Å². The van der Waals surface area contributed by atoms with E-state index in [1.54, 1.807) is 6.92 Å². The molecular weight excluding hydrogens is 482 g/mol. The van der Waals surface area contributed by atoms with E-state index in [0.717, 1.165) is 6.07 Å². The van der Waals surface area contributed by atoms with Crippen molar-refractivity contribution in [1.82, 2.24) is 0 Å². The third-order valence-corrected chi connectivity index (χ3v) is 7.21. The highest BCUT2D eigenvalue weighted by atomic mass is 127. The molecular formula is C15H16F5IO3S. The van der Waals surface area contributed by atoms with Crippen molar-refractivity contribution in [3.63, 3.8) is 0 Å². The zero-order valence-electron chi connectivity index (χ0n) is 13.1. The first-order chi connectivity index (χ1) is 11.3. The van der Waals surface area contributed by atoms with E-state index < -0.39 is 38.2 Å². The maximum Gasteiger partial charge on any atom is 0.315 e. The molecule has 10 heteroatoms. The standard InChI is InChI=1S/C15H16F5IO3S/c1-2-23-13(22)15-7-14(8-15,9-21)24-12(15)10-4-3-5-11(6-10)25(16,17,18,19)20/h3-6,12H,2,7-9H2,1H3. The van der Waals surface area contributed by atoms with Crippen LogP contribution in [-0.2, 0) is 14.3 Å². The molecule has 2 bridgehead atoms. The minimum Gasteiger partial charge on any atom is -0.465 e. The van der Waals surface area contributed by atoms with Crippen LogP contribution in [-0.4, -0.2) is 22.6 Å². The van der Waals surface area contributed by atoms with E-state index in [0.29, 0.717) is 29.4 Å². The second-order valence-electron chi connectivity index (χ2n) is 6.59. The Balaban J connectivity index is 2.03. The molecule has 1 saturated carbocycles. The average Bonchev–Trinajstić information content (AvgIpc) is 2.97. The maximum absolute atomic E-state index is 13.1. The number of hydrogen-bond acceptors (Lipinski definition) is 3. The molecule has 4 rings (SSSR count). The highest BCUT2D eigenvalue weighted by Gasteiger charge is 2.72. The molecule has 0 N–H and O–H groups in total. The molecule has 1 unspecified atom stereocenters. The topological polar surface area (TPSA) is 35.5 Å². The smallest absolute Gasteiger partial charge is 0.315 e. The molecule has 2 heterocycles. The molecule has 0 aromatic heterocycles. The van der Waals surface area contributed by atoms with Crippen molar-refractivity contribution in [2.24, 2.45) is 5.41 Å². The molecule has 3 fully saturated rings. The quantitative estimate of drug-likeness (QED) is 0.219. The van der Waals surface area contributed by atoms with E-state index in [1.807, 2.05) is 0 Å². The van der Waals surface area contributed by atoms with Gasteiger partial charge in [0, 0.05) is 4.43 Å². The molecule has 2 aliphatic heterocycles. The summed E-state index contributed by atoms with van der Waals surface area (Å²) in [6, 6.07) is 2.93. The summed E-state index contributed by atoms with van der Waals surface area (Å²) in [5, 5.41) is 0. The van der Waals surface area contributed by atoms with Crippen molar-refractivity contribution in [2.75, 3.05) is 11.0 Å². The van der Waals surface area contributed by atoms with Crippen molar-refractivity contribution >= 4 is 38.8 Å². The molecule has 0 radical (unpaired) electrons. The fourth-order valence-electron chi connectivity index (χ4n) is 3.69. The van der Waals surface area contributed by atoms with Gasteiger partial charge in [-0.05, 0) is 37.5 Å². The van der Waals surface area contributed by atoms with Gasteiger partial charge < -0.3 is 9.47 Å². The number of rotatable bonds is 5. The number of carbonyl (C=O) groups excluding carboxylic acids is 1. The van der Waals surface area contributed by atoms with Gasteiger partial charge >= 0.3 is 16.2 Å². The van der Waals surface area contributed by atoms with Gasteiger partial charge in [-0.3, -0.25) is 4.79 Å². The second kappa shape index (κ2) is 5.00. The van der Waals surface area contributed by atoms with Gasteiger partial charge in [0.1, 0.15) is 10.3 Å². The van der Waals surface area contributed by atoms with Crippen LogP contribution in [0.3, 0.4) is 0 Å². The summed E-state index contributed by atoms with van der Waals surface area (Å²) in [4.78, 5) is 10.4. The van der Waals surface area contributed by atoms with Crippen LogP contribution in [0.25, 0.3) is 0 Å². The summed E-state index contributed by atoms with van der Waals surface area (Å²) in [7, 11) is -9.81. The summed E-state index contributed by atoms with van der Waals surface area (Å²) in [6.45, 7) is 1.74. The lowest BCUT2D eigenvalue weighted by molar-refractivity contribution is -0.161. The molecule has 3 nitrogen and oxygen atoms in total. The van der Waals surface area contributed by atoms with Gasteiger partial charge in [0.15, 0.2) is 0 Å². The number of fused-ring (bicyclic) bond motifs is 1. The van der Waals surface area contributed by atoms with Crippen molar-refractivity contribution in [3.05, 3.63) is 29.8 Å². The number of hydrogen-bond donors (Lipinski definition) is 0. The average molecular weight is 498 g/mol. The van der Waals surface area contributed by atoms with E-state index in [4.69, 9.17) is 9.47 Å². The van der Waals surface area contributed by atoms with Gasteiger partial charge in [0.05, 0.1) is 18.3 Å². The first kappa shape index (κ1) is 19.2. The van der Waals surface area contributed by atoms with Crippen LogP contribution in [0.2, 0.25) is 0 Å². The highest BCUT2D eigenvalue weighted by Crippen LogP contribution is 3.02. The van der Waals surface area contributed by atoms with Crippen molar-refractivity contribution < 1.29 is 33.7 Å². The number of carbonyl (C=O) groups is 1. The Kier molecular flexibility index (Phi) is 3.83. The Morgan fingerprint density at radius 1 is 1.32 bits per heavy atom. The number of halogens is 6. The minimum absolute atomic E-state index is 0.0805. The van der Waals surface area contributed by atoms with E-state index in [2.05, 4.69) is 22.6 Å². The zero-order valence-corrected chi connectivity index (χ0v) is 16.1. The van der Waals surface area contributed by atoms with Gasteiger partial charge in [-0.1, -0.05) is 54.2 Å². The zero-order chi connectivity index (χ0) is 18.8. The summed E-state index contributed by atoms with van der Waals surface area (Å²) in [5.74, 6) is -0.560. The largest absolute Gasteiger partial charge is 0.465 e. The Bertz CT molecular complexity index is 730. The first-order valence-corrected chi connectivity index (χ1v) is 11.0. The molecule has 142 valence electrons. The number of alkyl halides is 1. The summed E-state index contributed by atoms with van der Waals surface area (Å²) >= 11 is 2.08. The predicted molar refractivity (Wildman–Crippen MR) is 91.6 cm³/mol. The summed E-state index contributed by atoms with van der Waals surface area (Å²) < 4.78 is 77.0. The molecule has 1 aromatic carbocycles. The van der Waals surface area contributed by atoms with Gasteiger partial charge in [0.25, 0.3) is 0 Å². The van der Waals surface area contributed by atoms with Crippen molar-refractivity contribution in [2.45, 2.75) is 36.4 Å². The summed E-state index contributed by atoms with van der Waals surface area (Å²) in [5.41, 5.74) is -1.82. The molecule has 1 aromatic rings. The number of esters is 1. The first-order valence-electron chi connectivity index (χ1n) is 7.50. The molecule has 2 saturated heterocycles. The third-order valence-electron chi connectivity index (χ3n) is 4.68. The molecule has 25 heavy (non-hydrogen) atoms. The van der Waals surface area contributed by atoms with Gasteiger partial charge in [-0.25, -0.2) is 0 Å². The Hall–Kier alpha value is -0.620. The van der Waals surface area contributed by atoms with Crippen LogP contribution in [0.4, 0.5) is 19.4 Å². The predicted octanol–water partition coefficient (Wildman–Crippen LogP) is 5.93. The number of benzene rings is 1. The van der Waals surface area contributed by atoms with Crippen molar-refractivity contribution in [3.8, 4) is 0 Å². The van der Waals surface area contributed by atoms with Crippen LogP contribution in [0, 0.1) is 5.41 Å².